The molecule has 12 heavy (non-hydrogen) atoms. The van der Waals surface area contributed by atoms with E-state index in [-0.39, 0.29) is 5.92 Å². The van der Waals surface area contributed by atoms with Gasteiger partial charge in [0.2, 0.25) is 0 Å². The Balaban J connectivity index is 2.86. The normalized spacial score (nSPS) is 27.5. The van der Waals surface area contributed by atoms with Gasteiger partial charge in [0.25, 0.3) is 0 Å². The second-order valence-electron chi connectivity index (χ2n) is 3.44. The molecule has 1 aliphatic rings. The van der Waals surface area contributed by atoms with Crippen molar-refractivity contribution in [1.29, 1.82) is 0 Å². The second kappa shape index (κ2) is 3.65. The fourth-order valence-corrected chi connectivity index (χ4v) is 1.91. The van der Waals surface area contributed by atoms with Crippen LogP contribution < -0.4 is 0 Å². The Kier molecular flexibility index (Phi) is 2.79. The summed E-state index contributed by atoms with van der Waals surface area (Å²) in [6, 6.07) is 0. The summed E-state index contributed by atoms with van der Waals surface area (Å²) in [5, 5.41) is 0. The SMILES string of the molecule is C=CC1CCCCC1(C=O)C=O. The first kappa shape index (κ1) is 9.17. The Labute approximate surface area is 72.7 Å². The average molecular weight is 166 g/mol. The highest BCUT2D eigenvalue weighted by Gasteiger charge is 2.38. The van der Waals surface area contributed by atoms with Gasteiger partial charge in [-0.2, -0.15) is 0 Å². The summed E-state index contributed by atoms with van der Waals surface area (Å²) in [7, 11) is 0. The molecular weight excluding hydrogens is 152 g/mol. The van der Waals surface area contributed by atoms with Crippen molar-refractivity contribution in [2.45, 2.75) is 25.7 Å². The molecule has 1 fully saturated rings. The zero-order valence-corrected chi connectivity index (χ0v) is 7.16. The van der Waals surface area contributed by atoms with Crippen molar-refractivity contribution in [1.82, 2.24) is 0 Å². The third-order valence-corrected chi connectivity index (χ3v) is 2.79. The molecule has 0 aromatic rings. The number of rotatable bonds is 3. The van der Waals surface area contributed by atoms with E-state index in [1.165, 1.54) is 0 Å². The predicted octanol–water partition coefficient (Wildman–Crippen LogP) is 1.75. The molecule has 2 nitrogen and oxygen atoms in total. The van der Waals surface area contributed by atoms with Crippen molar-refractivity contribution in [3.8, 4) is 0 Å². The predicted molar refractivity (Wildman–Crippen MR) is 46.7 cm³/mol. The molecule has 0 bridgehead atoms. The first-order valence-corrected chi connectivity index (χ1v) is 4.34. The first-order valence-electron chi connectivity index (χ1n) is 4.34. The van der Waals surface area contributed by atoms with Crippen LogP contribution in [0.1, 0.15) is 25.7 Å². The maximum Gasteiger partial charge on any atom is 0.133 e. The Morgan fingerprint density at radius 1 is 1.25 bits per heavy atom. The van der Waals surface area contributed by atoms with Gasteiger partial charge in [-0.05, 0) is 18.8 Å². The highest BCUT2D eigenvalue weighted by molar-refractivity contribution is 5.84. The monoisotopic (exact) mass is 166 g/mol. The number of allylic oxidation sites excluding steroid dienone is 1. The molecule has 0 aliphatic heterocycles. The van der Waals surface area contributed by atoms with Crippen LogP contribution in [0.2, 0.25) is 0 Å². The van der Waals surface area contributed by atoms with Gasteiger partial charge in [-0.15, -0.1) is 6.58 Å². The summed E-state index contributed by atoms with van der Waals surface area (Å²) in [5.74, 6) is 0.0567. The minimum atomic E-state index is -0.750. The number of hydrogen-bond donors (Lipinski definition) is 0. The van der Waals surface area contributed by atoms with E-state index in [0.29, 0.717) is 6.42 Å². The van der Waals surface area contributed by atoms with Gasteiger partial charge in [0.05, 0.1) is 5.41 Å². The molecule has 0 spiro atoms. The number of carbonyl (C=O) groups excluding carboxylic acids is 2. The number of carbonyl (C=O) groups is 2. The molecule has 66 valence electrons. The van der Waals surface area contributed by atoms with Crippen LogP contribution in [0.15, 0.2) is 12.7 Å². The Hall–Kier alpha value is -0.920. The van der Waals surface area contributed by atoms with Gasteiger partial charge >= 0.3 is 0 Å². The van der Waals surface area contributed by atoms with E-state index in [0.717, 1.165) is 31.8 Å². The zero-order chi connectivity index (χ0) is 9.03. The van der Waals surface area contributed by atoms with Crippen LogP contribution >= 0.6 is 0 Å². The van der Waals surface area contributed by atoms with Crippen molar-refractivity contribution >= 4 is 12.6 Å². The van der Waals surface area contributed by atoms with Crippen LogP contribution in [0, 0.1) is 11.3 Å². The number of hydrogen-bond acceptors (Lipinski definition) is 2. The smallest absolute Gasteiger partial charge is 0.133 e. The third-order valence-electron chi connectivity index (χ3n) is 2.79. The van der Waals surface area contributed by atoms with E-state index in [2.05, 4.69) is 6.58 Å². The van der Waals surface area contributed by atoms with Crippen molar-refractivity contribution in [2.24, 2.45) is 11.3 Å². The van der Waals surface area contributed by atoms with Gasteiger partial charge in [-0.25, -0.2) is 0 Å². The lowest BCUT2D eigenvalue weighted by atomic mass is 9.68. The molecule has 1 atom stereocenters. The first-order chi connectivity index (χ1) is 5.79. The molecule has 1 unspecified atom stereocenters. The van der Waals surface area contributed by atoms with Crippen LogP contribution in [0.5, 0.6) is 0 Å². The van der Waals surface area contributed by atoms with Crippen molar-refractivity contribution < 1.29 is 9.59 Å². The topological polar surface area (TPSA) is 34.1 Å². The lowest BCUT2D eigenvalue weighted by Gasteiger charge is -2.33. The van der Waals surface area contributed by atoms with Crippen molar-refractivity contribution in [2.75, 3.05) is 0 Å². The molecule has 0 amide bonds. The van der Waals surface area contributed by atoms with Gasteiger partial charge in [0, 0.05) is 0 Å². The largest absolute Gasteiger partial charge is 0.302 e. The van der Waals surface area contributed by atoms with Crippen molar-refractivity contribution in [3.05, 3.63) is 12.7 Å². The second-order valence-corrected chi connectivity index (χ2v) is 3.44. The molecular formula is C10H14O2. The van der Waals surface area contributed by atoms with Crippen LogP contribution in [-0.4, -0.2) is 12.6 Å². The van der Waals surface area contributed by atoms with Crippen LogP contribution in [-0.2, 0) is 9.59 Å². The van der Waals surface area contributed by atoms with Gasteiger partial charge in [-0.3, -0.25) is 0 Å². The highest BCUT2D eigenvalue weighted by Crippen LogP contribution is 2.38. The van der Waals surface area contributed by atoms with Crippen LogP contribution in [0.4, 0.5) is 0 Å². The fraction of sp³-hybridized carbons (Fsp3) is 0.600. The summed E-state index contributed by atoms with van der Waals surface area (Å²) in [6.07, 6.45) is 7.01. The quantitative estimate of drug-likeness (QED) is 0.363. The molecule has 0 aromatic heterocycles. The standard InChI is InChI=1S/C10H14O2/c1-2-9-5-3-4-6-10(9,7-11)8-12/h2,7-9H,1,3-6H2. The Morgan fingerprint density at radius 3 is 2.33 bits per heavy atom. The number of aldehydes is 2. The minimum absolute atomic E-state index is 0.0567. The van der Waals surface area contributed by atoms with Gasteiger partial charge in [0.15, 0.2) is 0 Å². The lowest BCUT2D eigenvalue weighted by molar-refractivity contribution is -0.130. The van der Waals surface area contributed by atoms with E-state index in [9.17, 15) is 9.59 Å². The Morgan fingerprint density at radius 2 is 1.92 bits per heavy atom. The summed E-state index contributed by atoms with van der Waals surface area (Å²) >= 11 is 0. The lowest BCUT2D eigenvalue weighted by Crippen LogP contribution is -2.35. The molecule has 0 saturated heterocycles. The van der Waals surface area contributed by atoms with E-state index in [4.69, 9.17) is 0 Å². The summed E-state index contributed by atoms with van der Waals surface area (Å²) in [5.41, 5.74) is -0.750. The molecule has 0 heterocycles. The molecule has 0 N–H and O–H groups in total. The maximum absolute atomic E-state index is 10.8. The molecule has 0 radical (unpaired) electrons. The van der Waals surface area contributed by atoms with Gasteiger partial charge in [0.1, 0.15) is 12.6 Å². The molecule has 1 aliphatic carbocycles. The summed E-state index contributed by atoms with van der Waals surface area (Å²) < 4.78 is 0. The van der Waals surface area contributed by atoms with E-state index < -0.39 is 5.41 Å². The summed E-state index contributed by atoms with van der Waals surface area (Å²) in [6.45, 7) is 3.66. The fourth-order valence-electron chi connectivity index (χ4n) is 1.91. The molecule has 1 saturated carbocycles. The minimum Gasteiger partial charge on any atom is -0.302 e. The van der Waals surface area contributed by atoms with Crippen molar-refractivity contribution in [3.63, 3.8) is 0 Å². The zero-order valence-electron chi connectivity index (χ0n) is 7.16. The average Bonchev–Trinajstić information content (AvgIpc) is 2.17. The van der Waals surface area contributed by atoms with E-state index >= 15 is 0 Å². The third kappa shape index (κ3) is 1.33. The summed E-state index contributed by atoms with van der Waals surface area (Å²) in [4.78, 5) is 21.6. The Bertz CT molecular complexity index is 188. The van der Waals surface area contributed by atoms with Crippen LogP contribution in [0.25, 0.3) is 0 Å². The van der Waals surface area contributed by atoms with Gasteiger partial charge < -0.3 is 9.59 Å². The van der Waals surface area contributed by atoms with E-state index in [1.807, 2.05) is 0 Å². The van der Waals surface area contributed by atoms with Gasteiger partial charge in [-0.1, -0.05) is 18.9 Å². The molecule has 1 rings (SSSR count). The van der Waals surface area contributed by atoms with Crippen LogP contribution in [0.3, 0.4) is 0 Å². The molecule has 2 heteroatoms. The van der Waals surface area contributed by atoms with E-state index in [1.54, 1.807) is 6.08 Å². The maximum atomic E-state index is 10.8. The molecule has 0 aromatic carbocycles. The highest BCUT2D eigenvalue weighted by atomic mass is 16.1.